The number of esters is 1. The summed E-state index contributed by atoms with van der Waals surface area (Å²) in [5.41, 5.74) is 1.39. The van der Waals surface area contributed by atoms with E-state index < -0.39 is 21.9 Å². The summed E-state index contributed by atoms with van der Waals surface area (Å²) in [7, 11) is -3.62. The first-order chi connectivity index (χ1) is 17.1. The largest absolute Gasteiger partial charge is 0.462 e. The van der Waals surface area contributed by atoms with Crippen LogP contribution in [0.3, 0.4) is 0 Å². The van der Waals surface area contributed by atoms with Gasteiger partial charge in [0.15, 0.2) is 0 Å². The van der Waals surface area contributed by atoms with Crippen LogP contribution >= 0.6 is 11.3 Å². The molecular weight excluding hydrogens is 502 g/mol. The first kappa shape index (κ1) is 26.3. The number of hydrogen-bond acceptors (Lipinski definition) is 7. The van der Waals surface area contributed by atoms with Gasteiger partial charge >= 0.3 is 5.97 Å². The molecule has 1 N–H and O–H groups in total. The number of carbonyl (C=O) groups excluding carboxylic acids is 3. The summed E-state index contributed by atoms with van der Waals surface area (Å²) < 4.78 is 32.8. The summed E-state index contributed by atoms with van der Waals surface area (Å²) in [5.74, 6) is -0.713. The Kier molecular flexibility index (Phi) is 7.82. The normalized spacial score (nSPS) is 18.4. The quantitative estimate of drug-likeness (QED) is 0.569. The van der Waals surface area contributed by atoms with E-state index in [0.717, 1.165) is 23.3 Å². The van der Waals surface area contributed by atoms with E-state index in [-0.39, 0.29) is 23.0 Å². The number of amides is 2. The van der Waals surface area contributed by atoms with Crippen LogP contribution in [0.4, 0.5) is 5.00 Å². The lowest BCUT2D eigenvalue weighted by Gasteiger charge is -2.30. The molecule has 1 aromatic carbocycles. The number of benzene rings is 1. The van der Waals surface area contributed by atoms with Crippen LogP contribution in [0, 0.1) is 5.92 Å². The molecule has 1 atom stereocenters. The van der Waals surface area contributed by atoms with E-state index in [1.807, 2.05) is 6.92 Å². The minimum absolute atomic E-state index is 0.0497. The predicted octanol–water partition coefficient (Wildman–Crippen LogP) is 3.50. The minimum Gasteiger partial charge on any atom is -0.462 e. The first-order valence-corrected chi connectivity index (χ1v) is 14.4. The molecule has 36 heavy (non-hydrogen) atoms. The van der Waals surface area contributed by atoms with Gasteiger partial charge in [0.25, 0.3) is 5.91 Å². The smallest absolute Gasteiger partial charge is 0.341 e. The average Bonchev–Trinajstić information content (AvgIpc) is 3.21. The number of piperidine rings is 1. The number of ether oxygens (including phenoxy) is 1. The Morgan fingerprint density at radius 1 is 1.17 bits per heavy atom. The van der Waals surface area contributed by atoms with Gasteiger partial charge in [-0.3, -0.25) is 9.59 Å². The molecule has 1 aromatic heterocycles. The van der Waals surface area contributed by atoms with Crippen LogP contribution in [0.1, 0.15) is 64.8 Å². The molecule has 4 rings (SSSR count). The number of nitrogens with one attached hydrogen (secondary N) is 1. The molecule has 0 unspecified atom stereocenters. The Bertz CT molecular complexity index is 1270. The summed E-state index contributed by atoms with van der Waals surface area (Å²) in [6.07, 6.45) is 2.34. The molecule has 194 valence electrons. The predicted molar refractivity (Wildman–Crippen MR) is 137 cm³/mol. The highest BCUT2D eigenvalue weighted by Crippen LogP contribution is 2.38. The molecule has 2 aromatic rings. The standard InChI is InChI=1S/C25H31N3O6S2/c1-4-34-25(31)22-20-11-13-27(17(3)29)15-21(20)35-24(22)26-23(30)18-7-9-19(10-8-18)36(32,33)28-12-5-6-16(2)14-28/h7-10,16H,4-6,11-15H2,1-3H3,(H,26,30)/t16-/m1/s1. The molecule has 0 spiro atoms. The van der Waals surface area contributed by atoms with E-state index in [9.17, 15) is 22.8 Å². The van der Waals surface area contributed by atoms with E-state index in [2.05, 4.69) is 5.32 Å². The summed E-state index contributed by atoms with van der Waals surface area (Å²) in [6.45, 7) is 7.31. The monoisotopic (exact) mass is 533 g/mol. The van der Waals surface area contributed by atoms with Crippen molar-refractivity contribution in [2.45, 2.75) is 51.5 Å². The van der Waals surface area contributed by atoms with E-state index in [1.54, 1.807) is 11.8 Å². The van der Waals surface area contributed by atoms with Gasteiger partial charge in [-0.05, 0) is 61.9 Å². The zero-order chi connectivity index (χ0) is 26.0. The van der Waals surface area contributed by atoms with Crippen molar-refractivity contribution in [1.82, 2.24) is 9.21 Å². The number of thiophene rings is 1. The highest BCUT2D eigenvalue weighted by Gasteiger charge is 2.31. The van der Waals surface area contributed by atoms with Gasteiger partial charge in [0.05, 0.1) is 23.6 Å². The minimum atomic E-state index is -3.62. The highest BCUT2D eigenvalue weighted by molar-refractivity contribution is 7.89. The topological polar surface area (TPSA) is 113 Å². The first-order valence-electron chi connectivity index (χ1n) is 12.1. The second-order valence-electron chi connectivity index (χ2n) is 9.21. The second kappa shape index (κ2) is 10.7. The van der Waals surface area contributed by atoms with E-state index in [4.69, 9.17) is 4.74 Å². The van der Waals surface area contributed by atoms with Gasteiger partial charge in [0, 0.05) is 37.0 Å². The number of sulfonamides is 1. The summed E-state index contributed by atoms with van der Waals surface area (Å²) in [4.78, 5) is 40.3. The molecule has 2 aliphatic rings. The highest BCUT2D eigenvalue weighted by atomic mass is 32.2. The number of fused-ring (bicyclic) bond motifs is 1. The third kappa shape index (κ3) is 5.33. The van der Waals surface area contributed by atoms with Crippen molar-refractivity contribution in [1.29, 1.82) is 0 Å². The van der Waals surface area contributed by atoms with Gasteiger partial charge in [-0.15, -0.1) is 11.3 Å². The molecule has 9 nitrogen and oxygen atoms in total. The van der Waals surface area contributed by atoms with Gasteiger partial charge in [0.2, 0.25) is 15.9 Å². The number of nitrogens with zero attached hydrogens (tertiary/aromatic N) is 2. The summed E-state index contributed by atoms with van der Waals surface area (Å²) >= 11 is 1.26. The molecule has 0 radical (unpaired) electrons. The van der Waals surface area contributed by atoms with Crippen molar-refractivity contribution in [3.63, 3.8) is 0 Å². The van der Waals surface area contributed by atoms with Gasteiger partial charge < -0.3 is 15.0 Å². The van der Waals surface area contributed by atoms with E-state index >= 15 is 0 Å². The van der Waals surface area contributed by atoms with Crippen LogP contribution in [0.2, 0.25) is 0 Å². The Hall–Kier alpha value is -2.76. The molecule has 0 saturated carbocycles. The van der Waals surface area contributed by atoms with E-state index in [1.165, 1.54) is 46.8 Å². The van der Waals surface area contributed by atoms with E-state index in [0.29, 0.717) is 49.1 Å². The fourth-order valence-corrected chi connectivity index (χ4v) is 7.49. The molecule has 3 heterocycles. The summed E-state index contributed by atoms with van der Waals surface area (Å²) in [6, 6.07) is 5.84. The third-order valence-corrected chi connectivity index (χ3v) is 9.59. The molecule has 0 aliphatic carbocycles. The number of hydrogen-bond donors (Lipinski definition) is 1. The molecule has 2 aliphatic heterocycles. The van der Waals surface area contributed by atoms with Crippen molar-refractivity contribution in [3.05, 3.63) is 45.8 Å². The van der Waals surface area contributed by atoms with Crippen molar-refractivity contribution >= 4 is 44.1 Å². The zero-order valence-corrected chi connectivity index (χ0v) is 22.3. The van der Waals surface area contributed by atoms with Gasteiger partial charge in [0.1, 0.15) is 5.00 Å². The van der Waals surface area contributed by atoms with Crippen molar-refractivity contribution in [2.75, 3.05) is 31.6 Å². The van der Waals surface area contributed by atoms with Crippen LogP contribution in [0.15, 0.2) is 29.2 Å². The van der Waals surface area contributed by atoms with Crippen molar-refractivity contribution in [2.24, 2.45) is 5.92 Å². The van der Waals surface area contributed by atoms with Crippen LogP contribution in [0.5, 0.6) is 0 Å². The molecule has 2 amide bonds. The number of rotatable bonds is 6. The molecule has 1 saturated heterocycles. The second-order valence-corrected chi connectivity index (χ2v) is 12.3. The fourth-order valence-electron chi connectivity index (χ4n) is 4.65. The van der Waals surface area contributed by atoms with Gasteiger partial charge in [-0.2, -0.15) is 4.31 Å². The van der Waals surface area contributed by atoms with Crippen LogP contribution in [0.25, 0.3) is 0 Å². The van der Waals surface area contributed by atoms with Crippen molar-refractivity contribution < 1.29 is 27.5 Å². The summed E-state index contributed by atoms with van der Waals surface area (Å²) in [5, 5.41) is 3.18. The lowest BCUT2D eigenvalue weighted by molar-refractivity contribution is -0.129. The maximum atomic E-state index is 13.1. The number of carbonyl (C=O) groups is 3. The average molecular weight is 534 g/mol. The van der Waals surface area contributed by atoms with Crippen LogP contribution in [-0.2, 0) is 32.5 Å². The molecule has 0 bridgehead atoms. The van der Waals surface area contributed by atoms with Gasteiger partial charge in [-0.25, -0.2) is 13.2 Å². The Labute approximate surface area is 215 Å². The molecule has 1 fully saturated rings. The number of anilines is 1. The Balaban J connectivity index is 1.56. The fraction of sp³-hybridized carbons (Fsp3) is 0.480. The Morgan fingerprint density at radius 3 is 2.53 bits per heavy atom. The lowest BCUT2D eigenvalue weighted by Crippen LogP contribution is -2.39. The lowest BCUT2D eigenvalue weighted by atomic mass is 10.0. The molecular formula is C25H31N3O6S2. The SMILES string of the molecule is CCOC(=O)c1c(NC(=O)c2ccc(S(=O)(=O)N3CCC[C@@H](C)C3)cc2)sc2c1CCN(C(C)=O)C2. The Morgan fingerprint density at radius 2 is 1.89 bits per heavy atom. The maximum absolute atomic E-state index is 13.1. The van der Waals surface area contributed by atoms with Crippen molar-refractivity contribution in [3.8, 4) is 0 Å². The van der Waals surface area contributed by atoms with Gasteiger partial charge in [-0.1, -0.05) is 6.92 Å². The maximum Gasteiger partial charge on any atom is 0.341 e. The third-order valence-electron chi connectivity index (χ3n) is 6.58. The zero-order valence-electron chi connectivity index (χ0n) is 20.7. The molecule has 11 heteroatoms. The van der Waals surface area contributed by atoms with Crippen LogP contribution in [-0.4, -0.2) is 61.6 Å². The van der Waals surface area contributed by atoms with Crippen LogP contribution < -0.4 is 5.32 Å².